The molecule has 1 aliphatic heterocycles. The maximum atomic E-state index is 12.1. The molecule has 6 nitrogen and oxygen atoms in total. The number of aromatic carboxylic acids is 1. The number of thiophene rings is 1. The van der Waals surface area contributed by atoms with Crippen molar-refractivity contribution in [2.24, 2.45) is 5.92 Å². The lowest BCUT2D eigenvalue weighted by Gasteiger charge is -2.32. The molecule has 22 heavy (non-hydrogen) atoms. The molecule has 0 bridgehead atoms. The Hall–Kier alpha value is -1.89. The van der Waals surface area contributed by atoms with Crippen molar-refractivity contribution in [3.63, 3.8) is 0 Å². The highest BCUT2D eigenvalue weighted by Gasteiger charge is 2.35. The van der Waals surface area contributed by atoms with E-state index in [4.69, 9.17) is 5.11 Å². The molecule has 2 fully saturated rings. The van der Waals surface area contributed by atoms with E-state index >= 15 is 0 Å². The van der Waals surface area contributed by atoms with Crippen LogP contribution < -0.4 is 5.32 Å². The number of piperidine rings is 1. The van der Waals surface area contributed by atoms with Crippen LogP contribution in [-0.4, -0.2) is 46.9 Å². The molecule has 1 aromatic rings. The Kier molecular flexibility index (Phi) is 4.15. The predicted molar refractivity (Wildman–Crippen MR) is 81.1 cm³/mol. The van der Waals surface area contributed by atoms with E-state index in [2.05, 4.69) is 5.32 Å². The van der Waals surface area contributed by atoms with Gasteiger partial charge in [-0.15, -0.1) is 11.3 Å². The van der Waals surface area contributed by atoms with E-state index in [0.29, 0.717) is 18.0 Å². The summed E-state index contributed by atoms with van der Waals surface area (Å²) in [6, 6.07) is 3.03. The van der Waals surface area contributed by atoms with E-state index in [1.165, 1.54) is 12.1 Å². The molecule has 0 spiro atoms. The lowest BCUT2D eigenvalue weighted by Crippen LogP contribution is -2.46. The molecule has 1 aromatic heterocycles. The number of nitrogens with one attached hydrogen (secondary N) is 1. The molecule has 0 atom stereocenters. The molecule has 118 valence electrons. The first-order valence-electron chi connectivity index (χ1n) is 7.47. The van der Waals surface area contributed by atoms with Crippen molar-refractivity contribution < 1.29 is 19.5 Å². The monoisotopic (exact) mass is 322 g/mol. The second kappa shape index (κ2) is 6.08. The van der Waals surface area contributed by atoms with Crippen LogP contribution in [0.1, 0.15) is 45.0 Å². The van der Waals surface area contributed by atoms with E-state index in [9.17, 15) is 14.4 Å². The molecule has 1 aliphatic carbocycles. The van der Waals surface area contributed by atoms with Crippen LogP contribution in [0, 0.1) is 5.92 Å². The molecule has 3 rings (SSSR count). The van der Waals surface area contributed by atoms with Gasteiger partial charge in [-0.25, -0.2) is 4.79 Å². The maximum absolute atomic E-state index is 12.1. The van der Waals surface area contributed by atoms with Crippen molar-refractivity contribution in [1.29, 1.82) is 0 Å². The molecule has 0 unspecified atom stereocenters. The minimum Gasteiger partial charge on any atom is -0.477 e. The third-order valence-corrected chi connectivity index (χ3v) is 5.18. The van der Waals surface area contributed by atoms with E-state index in [1.54, 1.807) is 0 Å². The third kappa shape index (κ3) is 3.30. The molecule has 2 aliphatic rings. The van der Waals surface area contributed by atoms with Gasteiger partial charge in [0.05, 0.1) is 4.88 Å². The molecule has 1 saturated carbocycles. The number of likely N-dealkylation sites (tertiary alicyclic amines) is 1. The summed E-state index contributed by atoms with van der Waals surface area (Å²) >= 11 is 0.979. The summed E-state index contributed by atoms with van der Waals surface area (Å²) in [6.45, 7) is 1.37. The zero-order valence-corrected chi connectivity index (χ0v) is 12.9. The SMILES string of the molecule is O=C(O)c1ccc(C(=O)NC2CCN(C(=O)C3CC3)CC2)s1. The van der Waals surface area contributed by atoms with Crippen LogP contribution in [0.25, 0.3) is 0 Å². The normalized spacial score (nSPS) is 19.0. The zero-order valence-electron chi connectivity index (χ0n) is 12.1. The van der Waals surface area contributed by atoms with Crippen LogP contribution in [0.15, 0.2) is 12.1 Å². The maximum Gasteiger partial charge on any atom is 0.345 e. The smallest absolute Gasteiger partial charge is 0.345 e. The molecule has 2 heterocycles. The summed E-state index contributed by atoms with van der Waals surface area (Å²) < 4.78 is 0. The lowest BCUT2D eigenvalue weighted by molar-refractivity contribution is -0.133. The summed E-state index contributed by atoms with van der Waals surface area (Å²) in [4.78, 5) is 37.4. The van der Waals surface area contributed by atoms with Crippen LogP contribution in [0.2, 0.25) is 0 Å². The van der Waals surface area contributed by atoms with Gasteiger partial charge >= 0.3 is 5.97 Å². The fourth-order valence-electron chi connectivity index (χ4n) is 2.66. The average Bonchev–Trinajstić information content (AvgIpc) is 3.23. The van der Waals surface area contributed by atoms with Crippen LogP contribution in [-0.2, 0) is 4.79 Å². The lowest BCUT2D eigenvalue weighted by atomic mass is 10.0. The molecule has 7 heteroatoms. The number of carbonyl (C=O) groups excluding carboxylic acids is 2. The van der Waals surface area contributed by atoms with Gasteiger partial charge in [-0.2, -0.15) is 0 Å². The summed E-state index contributed by atoms with van der Waals surface area (Å²) in [6.07, 6.45) is 3.53. The summed E-state index contributed by atoms with van der Waals surface area (Å²) in [5.74, 6) is -0.749. The van der Waals surface area contributed by atoms with Gasteiger partial charge in [0.15, 0.2) is 0 Å². The zero-order chi connectivity index (χ0) is 15.7. The number of hydrogen-bond acceptors (Lipinski definition) is 4. The number of hydrogen-bond donors (Lipinski definition) is 2. The molecular formula is C15H18N2O4S. The molecule has 1 saturated heterocycles. The summed E-state index contributed by atoms with van der Waals surface area (Å²) in [5, 5.41) is 11.8. The van der Waals surface area contributed by atoms with Gasteiger partial charge in [0.25, 0.3) is 5.91 Å². The van der Waals surface area contributed by atoms with E-state index in [-0.39, 0.29) is 28.7 Å². The third-order valence-electron chi connectivity index (χ3n) is 4.11. The van der Waals surface area contributed by atoms with Gasteiger partial charge in [-0.3, -0.25) is 9.59 Å². The predicted octanol–water partition coefficient (Wildman–Crippen LogP) is 1.58. The van der Waals surface area contributed by atoms with Gasteiger partial charge in [-0.1, -0.05) is 0 Å². The van der Waals surface area contributed by atoms with Crippen LogP contribution in [0.3, 0.4) is 0 Å². The fourth-order valence-corrected chi connectivity index (χ4v) is 3.41. The van der Waals surface area contributed by atoms with Gasteiger partial charge in [0.2, 0.25) is 5.91 Å². The number of amides is 2. The number of carbonyl (C=O) groups is 3. The Bertz CT molecular complexity index is 600. The first kappa shape index (κ1) is 15.0. The highest BCUT2D eigenvalue weighted by Crippen LogP contribution is 2.31. The molecule has 0 aromatic carbocycles. The van der Waals surface area contributed by atoms with Gasteiger partial charge in [-0.05, 0) is 37.8 Å². The van der Waals surface area contributed by atoms with Crippen molar-refractivity contribution in [3.05, 3.63) is 21.9 Å². The minimum absolute atomic E-state index is 0.0473. The Balaban J connectivity index is 1.50. The highest BCUT2D eigenvalue weighted by molar-refractivity contribution is 7.15. The Morgan fingerprint density at radius 2 is 1.73 bits per heavy atom. The Labute approximate surface area is 132 Å². The van der Waals surface area contributed by atoms with Crippen LogP contribution >= 0.6 is 11.3 Å². The van der Waals surface area contributed by atoms with Crippen molar-refractivity contribution in [1.82, 2.24) is 10.2 Å². The standard InChI is InChI=1S/C15H18N2O4S/c18-13(11-3-4-12(22-11)15(20)21)16-10-5-7-17(8-6-10)14(19)9-1-2-9/h3-4,9-10H,1-2,5-8H2,(H,16,18)(H,20,21). The summed E-state index contributed by atoms with van der Waals surface area (Å²) in [5.41, 5.74) is 0. The highest BCUT2D eigenvalue weighted by atomic mass is 32.1. The van der Waals surface area contributed by atoms with Crippen molar-refractivity contribution >= 4 is 29.1 Å². The molecule has 2 amide bonds. The first-order valence-corrected chi connectivity index (χ1v) is 8.29. The number of carboxylic acids is 1. The minimum atomic E-state index is -1.02. The summed E-state index contributed by atoms with van der Waals surface area (Å²) in [7, 11) is 0. The first-order chi connectivity index (χ1) is 10.5. The van der Waals surface area contributed by atoms with Gasteiger partial charge < -0.3 is 15.3 Å². The second-order valence-electron chi connectivity index (χ2n) is 5.82. The van der Waals surface area contributed by atoms with Gasteiger partial charge in [0.1, 0.15) is 4.88 Å². The number of nitrogens with zero attached hydrogens (tertiary/aromatic N) is 1. The Morgan fingerprint density at radius 3 is 2.27 bits per heavy atom. The quantitative estimate of drug-likeness (QED) is 0.881. The van der Waals surface area contributed by atoms with Gasteiger partial charge in [0, 0.05) is 25.0 Å². The second-order valence-corrected chi connectivity index (χ2v) is 6.90. The number of carboxylic acid groups (broad SMARTS) is 1. The molecule has 2 N–H and O–H groups in total. The molecule has 0 radical (unpaired) electrons. The largest absolute Gasteiger partial charge is 0.477 e. The van der Waals surface area contributed by atoms with E-state index in [0.717, 1.165) is 37.0 Å². The topological polar surface area (TPSA) is 86.7 Å². The number of rotatable bonds is 4. The van der Waals surface area contributed by atoms with E-state index in [1.807, 2.05) is 4.90 Å². The van der Waals surface area contributed by atoms with E-state index < -0.39 is 5.97 Å². The Morgan fingerprint density at radius 1 is 1.09 bits per heavy atom. The van der Waals surface area contributed by atoms with Crippen LogP contribution in [0.5, 0.6) is 0 Å². The van der Waals surface area contributed by atoms with Crippen molar-refractivity contribution in [3.8, 4) is 0 Å². The molecular weight excluding hydrogens is 304 g/mol. The van der Waals surface area contributed by atoms with Crippen LogP contribution in [0.4, 0.5) is 0 Å². The van der Waals surface area contributed by atoms with Crippen molar-refractivity contribution in [2.75, 3.05) is 13.1 Å². The average molecular weight is 322 g/mol. The fraction of sp³-hybridized carbons (Fsp3) is 0.533. The van der Waals surface area contributed by atoms with Crippen molar-refractivity contribution in [2.45, 2.75) is 31.7 Å².